The number of carboxylic acids is 1. The topological polar surface area (TPSA) is 314 Å². The number of likely N-dealkylation sites (N-methyl/N-ethyl adjacent to an activating group) is 2. The number of unbranched alkanes of at least 4 members (excludes halogenated alkanes) is 12. The minimum absolute atomic E-state index is 0.0272. The molecule has 2 aliphatic rings. The summed E-state index contributed by atoms with van der Waals surface area (Å²) in [6.07, 6.45) is 7.40. The number of ether oxygens (including phenoxy) is 2. The number of hydrogen-bond acceptors (Lipinski definition) is 14. The van der Waals surface area contributed by atoms with E-state index in [9.17, 15) is 64.2 Å². The average molecular weight is 1030 g/mol. The number of fused-ring (bicyclic) bond motifs is 5. The average Bonchev–Trinajstić information content (AvgIpc) is 3.35. The van der Waals surface area contributed by atoms with Crippen LogP contribution in [0.15, 0.2) is 36.4 Å². The van der Waals surface area contributed by atoms with Gasteiger partial charge in [-0.05, 0) is 62.6 Å². The second kappa shape index (κ2) is 29.1. The molecule has 0 radical (unpaired) electrons. The predicted octanol–water partition coefficient (Wildman–Crippen LogP) is 2.32. The van der Waals surface area contributed by atoms with Gasteiger partial charge in [0.2, 0.25) is 41.7 Å². The molecular weight excluding hydrogens is 949 g/mol. The molecular formula is C52H78N6O15. The lowest BCUT2D eigenvalue weighted by Gasteiger charge is -2.39. The van der Waals surface area contributed by atoms with Crippen LogP contribution >= 0.6 is 0 Å². The summed E-state index contributed by atoms with van der Waals surface area (Å²) in [4.78, 5) is 95.6. The van der Waals surface area contributed by atoms with Gasteiger partial charge in [0.05, 0.1) is 19.3 Å². The zero-order valence-corrected chi connectivity index (χ0v) is 43.0. The first-order valence-electron chi connectivity index (χ1n) is 25.6. The molecule has 6 amide bonds. The highest BCUT2D eigenvalue weighted by atomic mass is 16.7. The van der Waals surface area contributed by atoms with Crippen molar-refractivity contribution in [2.24, 2.45) is 0 Å². The van der Waals surface area contributed by atoms with Crippen molar-refractivity contribution in [1.82, 2.24) is 31.1 Å². The van der Waals surface area contributed by atoms with E-state index in [0.717, 1.165) is 35.5 Å². The SMILES string of the molecule is CCCCCCCCCCCCCCCC(=O)N(C)[C@H](CO)C(=O)N[C@@H](C)C(=O)NCC(=O)N(C)[C@H]1C(=O)N[C@@H](C)C(=O)N[C@H](C(=O)O)Cc2ccc(O)c(c2)-c2cc1ccc2O[C@H]1O[C@H](C)[C@@H](O)[C@H](O)[C@@H]1O. The van der Waals surface area contributed by atoms with Crippen LogP contribution in [-0.4, -0.2) is 164 Å². The molecule has 0 aliphatic carbocycles. The van der Waals surface area contributed by atoms with Gasteiger partial charge in [0.25, 0.3) is 0 Å². The highest BCUT2D eigenvalue weighted by Gasteiger charge is 2.44. The van der Waals surface area contributed by atoms with Gasteiger partial charge in [-0.2, -0.15) is 0 Å². The van der Waals surface area contributed by atoms with E-state index >= 15 is 0 Å². The fourth-order valence-electron chi connectivity index (χ4n) is 8.82. The number of carbonyl (C=O) groups is 7. The van der Waals surface area contributed by atoms with Crippen LogP contribution in [0.25, 0.3) is 11.1 Å². The number of rotatable bonds is 25. The lowest BCUT2D eigenvalue weighted by atomic mass is 9.93. The summed E-state index contributed by atoms with van der Waals surface area (Å²) >= 11 is 0. The number of aliphatic hydroxyl groups excluding tert-OH is 4. The summed E-state index contributed by atoms with van der Waals surface area (Å²) in [5, 5.41) is 72.9. The van der Waals surface area contributed by atoms with E-state index in [1.807, 2.05) is 0 Å². The summed E-state index contributed by atoms with van der Waals surface area (Å²) in [6.45, 7) is 4.89. The van der Waals surface area contributed by atoms with Crippen LogP contribution in [0.5, 0.6) is 11.5 Å². The number of aliphatic hydroxyl groups is 4. The highest BCUT2D eigenvalue weighted by molar-refractivity contribution is 5.96. The van der Waals surface area contributed by atoms with E-state index in [2.05, 4.69) is 28.2 Å². The molecule has 2 aromatic carbocycles. The molecule has 2 heterocycles. The first-order chi connectivity index (χ1) is 34.7. The Morgan fingerprint density at radius 1 is 0.781 bits per heavy atom. The van der Waals surface area contributed by atoms with E-state index in [1.165, 1.54) is 123 Å². The maximum absolute atomic E-state index is 14.3. The van der Waals surface area contributed by atoms with Gasteiger partial charge in [-0.25, -0.2) is 4.79 Å². The highest BCUT2D eigenvalue weighted by Crippen LogP contribution is 2.41. The zero-order chi connectivity index (χ0) is 53.9. The molecule has 2 aliphatic heterocycles. The van der Waals surface area contributed by atoms with Crippen LogP contribution < -0.4 is 26.0 Å². The minimum Gasteiger partial charge on any atom is -0.507 e. The summed E-state index contributed by atoms with van der Waals surface area (Å²) in [6, 6.07) is 1.28. The quantitative estimate of drug-likeness (QED) is 0.0639. The Morgan fingerprint density at radius 3 is 2.00 bits per heavy atom. The smallest absolute Gasteiger partial charge is 0.326 e. The number of aliphatic carboxylic acids is 1. The number of benzene rings is 2. The van der Waals surface area contributed by atoms with Gasteiger partial charge in [0.1, 0.15) is 60.0 Å². The molecule has 406 valence electrons. The summed E-state index contributed by atoms with van der Waals surface area (Å²) in [5.41, 5.74) is 0.493. The van der Waals surface area contributed by atoms with Gasteiger partial charge in [-0.3, -0.25) is 28.8 Å². The standard InChI is InChI=1S/C52H78N6O15/c1-7-8-9-10-11-12-13-14-15-16-17-18-19-20-41(61)57(5)38(29-59)49(68)54-30(2)47(66)53-28-42(62)58(6)43-34-22-24-40(73-52-46(65)45(64)44(63)32(4)72-52)36(27-34)35-25-33(21-23-39(35)60)26-37(51(70)71)56-48(67)31(3)55-50(43)69/h21-25,27,30-32,37-38,43-46,52,59-60,63-65H,7-20,26,28-29H2,1-6H3,(H,53,66)(H,54,68)(H,55,69)(H,56,67)(H,70,71)/t30-,31-,32+,37-,38+,43+,44+,45-,46-,52+/m0/s1. The van der Waals surface area contributed by atoms with Gasteiger partial charge in [0.15, 0.2) is 0 Å². The molecule has 4 rings (SSSR count). The molecule has 73 heavy (non-hydrogen) atoms. The number of phenols is 1. The molecule has 2 aromatic rings. The molecule has 21 heteroatoms. The molecule has 21 nitrogen and oxygen atoms in total. The maximum atomic E-state index is 14.3. The van der Waals surface area contributed by atoms with Gasteiger partial charge >= 0.3 is 5.97 Å². The minimum atomic E-state index is -1.75. The van der Waals surface area contributed by atoms with Crippen molar-refractivity contribution in [3.05, 3.63) is 47.5 Å². The van der Waals surface area contributed by atoms with E-state index < -0.39 is 110 Å². The Kier molecular flexibility index (Phi) is 23.8. The summed E-state index contributed by atoms with van der Waals surface area (Å²) in [7, 11) is 2.65. The maximum Gasteiger partial charge on any atom is 0.326 e. The van der Waals surface area contributed by atoms with Gasteiger partial charge < -0.3 is 71.2 Å². The Labute approximate surface area is 427 Å². The molecule has 0 spiro atoms. The van der Waals surface area contributed by atoms with Crippen molar-refractivity contribution >= 4 is 41.4 Å². The second-order valence-electron chi connectivity index (χ2n) is 19.3. The van der Waals surface area contributed by atoms with E-state index in [-0.39, 0.29) is 46.9 Å². The van der Waals surface area contributed by atoms with E-state index in [4.69, 9.17) is 9.47 Å². The Balaban J connectivity index is 1.46. The van der Waals surface area contributed by atoms with E-state index in [1.54, 1.807) is 0 Å². The van der Waals surface area contributed by atoms with Crippen LogP contribution in [0.1, 0.15) is 135 Å². The monoisotopic (exact) mass is 1030 g/mol. The van der Waals surface area contributed by atoms with Crippen molar-refractivity contribution in [3.63, 3.8) is 0 Å². The number of nitrogens with zero attached hydrogens (tertiary/aromatic N) is 2. The summed E-state index contributed by atoms with van der Waals surface area (Å²) in [5.74, 6) is -6.41. The molecule has 0 saturated carbocycles. The van der Waals surface area contributed by atoms with Crippen molar-refractivity contribution < 1.29 is 73.7 Å². The van der Waals surface area contributed by atoms with Gasteiger partial charge in [-0.1, -0.05) is 96.1 Å². The fourth-order valence-corrected chi connectivity index (χ4v) is 8.82. The number of hydrogen-bond donors (Lipinski definition) is 10. The normalized spacial score (nSPS) is 22.9. The number of nitrogens with one attached hydrogen (secondary N) is 4. The van der Waals surface area contributed by atoms with Crippen LogP contribution in [0.4, 0.5) is 0 Å². The third-order valence-electron chi connectivity index (χ3n) is 13.6. The van der Waals surface area contributed by atoms with Crippen LogP contribution in [0.3, 0.4) is 0 Å². The Bertz CT molecular complexity index is 2190. The van der Waals surface area contributed by atoms with Crippen molar-refractivity contribution in [3.8, 4) is 22.6 Å². The Morgan fingerprint density at radius 2 is 1.40 bits per heavy atom. The third-order valence-corrected chi connectivity index (χ3v) is 13.6. The van der Waals surface area contributed by atoms with E-state index in [0.29, 0.717) is 12.0 Å². The molecule has 4 bridgehead atoms. The largest absolute Gasteiger partial charge is 0.507 e. The zero-order valence-electron chi connectivity index (χ0n) is 43.0. The third kappa shape index (κ3) is 17.1. The molecule has 1 fully saturated rings. The van der Waals surface area contributed by atoms with Gasteiger partial charge in [-0.15, -0.1) is 0 Å². The number of carbonyl (C=O) groups excluding carboxylic acids is 6. The van der Waals surface area contributed by atoms with Crippen LogP contribution in [0, 0.1) is 0 Å². The Hall–Kier alpha value is -5.87. The van der Waals surface area contributed by atoms with Crippen molar-refractivity contribution in [1.29, 1.82) is 0 Å². The lowest BCUT2D eigenvalue weighted by Crippen LogP contribution is -2.58. The molecule has 0 unspecified atom stereocenters. The van der Waals surface area contributed by atoms with Crippen LogP contribution in [0.2, 0.25) is 0 Å². The first kappa shape index (κ1) is 59.7. The number of carboxylic acid groups (broad SMARTS) is 1. The van der Waals surface area contributed by atoms with Crippen LogP contribution in [-0.2, 0) is 44.7 Å². The number of phenolic OH excluding ortho intramolecular Hbond substituents is 1. The second-order valence-corrected chi connectivity index (χ2v) is 19.3. The number of amides is 6. The fraction of sp³-hybridized carbons (Fsp3) is 0.635. The molecule has 10 atom stereocenters. The first-order valence-corrected chi connectivity index (χ1v) is 25.6. The van der Waals surface area contributed by atoms with Crippen molar-refractivity contribution in [2.45, 2.75) is 185 Å². The van der Waals surface area contributed by atoms with Gasteiger partial charge in [0, 0.05) is 38.1 Å². The molecule has 0 aromatic heterocycles. The van der Waals surface area contributed by atoms with Crippen molar-refractivity contribution in [2.75, 3.05) is 27.2 Å². The molecule has 1 saturated heterocycles. The lowest BCUT2D eigenvalue weighted by molar-refractivity contribution is -0.268. The summed E-state index contributed by atoms with van der Waals surface area (Å²) < 4.78 is 11.7. The predicted molar refractivity (Wildman–Crippen MR) is 267 cm³/mol. The number of aromatic hydroxyl groups is 1. The molecule has 10 N–H and O–H groups in total.